The Morgan fingerprint density at radius 1 is 1.22 bits per heavy atom. The largest absolute Gasteiger partial charge is 0.306 e. The quantitative estimate of drug-likeness (QED) is 0.498. The molecular weight excluding hydrogens is 469 g/mol. The van der Waals surface area contributed by atoms with Crippen molar-refractivity contribution in [2.24, 2.45) is 11.8 Å². The fourth-order valence-corrected chi connectivity index (χ4v) is 5.50. The molecule has 0 amide bonds. The Morgan fingerprint density at radius 3 is 2.78 bits per heavy atom. The smallest absolute Gasteiger partial charge is 0.171 e. The van der Waals surface area contributed by atoms with Gasteiger partial charge in [-0.05, 0) is 90.7 Å². The van der Waals surface area contributed by atoms with Gasteiger partial charge in [0.25, 0.3) is 0 Å². The van der Waals surface area contributed by atoms with Crippen LogP contribution >= 0.6 is 33.9 Å². The Bertz CT molecular complexity index is 993. The zero-order valence-corrected chi connectivity index (χ0v) is 18.0. The molecule has 1 aromatic carbocycles. The van der Waals surface area contributed by atoms with E-state index in [-0.39, 0.29) is 11.7 Å². The monoisotopic (exact) mass is 489 g/mol. The van der Waals surface area contributed by atoms with E-state index < -0.39 is 0 Å². The van der Waals surface area contributed by atoms with Crippen LogP contribution < -0.4 is 0 Å². The first-order chi connectivity index (χ1) is 13.1. The first-order valence-electron chi connectivity index (χ1n) is 9.26. The fraction of sp³-hybridized carbons (Fsp3) is 0.333. The van der Waals surface area contributed by atoms with Crippen molar-refractivity contribution in [2.45, 2.75) is 12.8 Å². The highest BCUT2D eigenvalue weighted by molar-refractivity contribution is 14.1. The highest BCUT2D eigenvalue weighted by atomic mass is 127. The van der Waals surface area contributed by atoms with Crippen LogP contribution in [0.4, 0.5) is 0 Å². The molecule has 1 fully saturated rings. The highest BCUT2D eigenvalue weighted by Crippen LogP contribution is 2.41. The summed E-state index contributed by atoms with van der Waals surface area (Å²) in [6, 6.07) is 12.5. The maximum Gasteiger partial charge on any atom is 0.171 e. The molecule has 27 heavy (non-hydrogen) atoms. The van der Waals surface area contributed by atoms with Gasteiger partial charge >= 0.3 is 0 Å². The van der Waals surface area contributed by atoms with Crippen molar-refractivity contribution in [2.75, 3.05) is 20.1 Å². The van der Waals surface area contributed by atoms with E-state index in [9.17, 15) is 4.79 Å². The average Bonchev–Trinajstić information content (AvgIpc) is 3.31. The van der Waals surface area contributed by atoms with Crippen LogP contribution in [0.3, 0.4) is 0 Å². The third kappa shape index (κ3) is 2.98. The van der Waals surface area contributed by atoms with Crippen molar-refractivity contribution >= 4 is 39.7 Å². The van der Waals surface area contributed by atoms with Crippen LogP contribution in [-0.2, 0) is 6.42 Å². The predicted molar refractivity (Wildman–Crippen MR) is 117 cm³/mol. The van der Waals surface area contributed by atoms with Crippen LogP contribution in [0.5, 0.6) is 0 Å². The molecule has 3 aromatic rings. The van der Waals surface area contributed by atoms with Gasteiger partial charge in [-0.3, -0.25) is 4.79 Å². The predicted octanol–water partition coefficient (Wildman–Crippen LogP) is 4.51. The summed E-state index contributed by atoms with van der Waals surface area (Å²) in [5, 5.41) is 7.00. The first kappa shape index (κ1) is 17.6. The van der Waals surface area contributed by atoms with Crippen molar-refractivity contribution < 1.29 is 4.79 Å². The molecular formula is C21H20IN3OS. The van der Waals surface area contributed by atoms with Crippen molar-refractivity contribution in [1.29, 1.82) is 0 Å². The van der Waals surface area contributed by atoms with Gasteiger partial charge in [0.05, 0.1) is 21.8 Å². The van der Waals surface area contributed by atoms with Gasteiger partial charge in [-0.15, -0.1) is 11.3 Å². The van der Waals surface area contributed by atoms with Crippen LogP contribution in [0.15, 0.2) is 41.8 Å². The average molecular weight is 489 g/mol. The summed E-state index contributed by atoms with van der Waals surface area (Å²) < 4.78 is 3.22. The standard InChI is InChI=1S/C21H20IN3OS/c1-24-9-8-13-11-17-19(21(26)16(13)12-24)20(18-3-2-10-27-18)23-25(17)15-6-4-14(22)5-7-15/h2-7,10,13,16H,8-9,11-12H2,1H3. The van der Waals surface area contributed by atoms with Crippen LogP contribution in [0, 0.1) is 15.4 Å². The second kappa shape index (κ2) is 6.83. The maximum absolute atomic E-state index is 13.5. The summed E-state index contributed by atoms with van der Waals surface area (Å²) in [5.41, 5.74) is 3.84. The SMILES string of the molecule is CN1CCC2Cc3c(c(-c4cccs4)nn3-c3ccc(I)cc3)C(=O)C2C1. The summed E-state index contributed by atoms with van der Waals surface area (Å²) >= 11 is 3.97. The van der Waals surface area contributed by atoms with Gasteiger partial charge < -0.3 is 4.90 Å². The zero-order chi connectivity index (χ0) is 18.5. The van der Waals surface area contributed by atoms with E-state index >= 15 is 0 Å². The Balaban J connectivity index is 1.69. The normalized spacial score (nSPS) is 22.5. The van der Waals surface area contributed by atoms with Crippen LogP contribution in [-0.4, -0.2) is 40.6 Å². The lowest BCUT2D eigenvalue weighted by Crippen LogP contribution is -2.45. The number of piperidine rings is 1. The number of ketones is 1. The van der Waals surface area contributed by atoms with Gasteiger partial charge in [-0.25, -0.2) is 4.68 Å². The van der Waals surface area contributed by atoms with Crippen LogP contribution in [0.25, 0.3) is 16.3 Å². The van der Waals surface area contributed by atoms with E-state index in [0.717, 1.165) is 53.4 Å². The minimum Gasteiger partial charge on any atom is -0.306 e. The lowest BCUT2D eigenvalue weighted by atomic mass is 9.73. The van der Waals surface area contributed by atoms with E-state index in [1.807, 2.05) is 10.7 Å². The number of rotatable bonds is 2. The van der Waals surface area contributed by atoms with Crippen molar-refractivity contribution in [3.63, 3.8) is 0 Å². The Kier molecular flexibility index (Phi) is 4.44. The summed E-state index contributed by atoms with van der Waals surface area (Å²) in [7, 11) is 2.12. The molecule has 4 nitrogen and oxygen atoms in total. The molecule has 2 aliphatic rings. The van der Waals surface area contributed by atoms with Crippen molar-refractivity contribution in [1.82, 2.24) is 14.7 Å². The number of thiophene rings is 1. The van der Waals surface area contributed by atoms with E-state index in [4.69, 9.17) is 5.10 Å². The molecule has 2 aromatic heterocycles. The molecule has 6 heteroatoms. The molecule has 0 N–H and O–H groups in total. The molecule has 1 aliphatic carbocycles. The number of likely N-dealkylation sites (tertiary alicyclic amines) is 1. The first-order valence-corrected chi connectivity index (χ1v) is 11.2. The summed E-state index contributed by atoms with van der Waals surface area (Å²) in [6.45, 7) is 1.93. The van der Waals surface area contributed by atoms with Gasteiger partial charge in [0.1, 0.15) is 5.69 Å². The van der Waals surface area contributed by atoms with Gasteiger partial charge in [-0.1, -0.05) is 6.07 Å². The Morgan fingerprint density at radius 2 is 2.04 bits per heavy atom. The number of carbonyl (C=O) groups excluding carboxylic acids is 1. The number of halogens is 1. The Hall–Kier alpha value is -1.51. The second-order valence-corrected chi connectivity index (χ2v) is 9.72. The zero-order valence-electron chi connectivity index (χ0n) is 15.1. The summed E-state index contributed by atoms with van der Waals surface area (Å²) in [5.74, 6) is 0.814. The second-order valence-electron chi connectivity index (χ2n) is 7.52. The van der Waals surface area contributed by atoms with Crippen molar-refractivity contribution in [3.05, 3.63) is 56.6 Å². The molecule has 138 valence electrons. The van der Waals surface area contributed by atoms with Gasteiger partial charge in [0.15, 0.2) is 5.78 Å². The number of hydrogen-bond donors (Lipinski definition) is 0. The molecule has 2 atom stereocenters. The van der Waals surface area contributed by atoms with Gasteiger partial charge in [0.2, 0.25) is 0 Å². The molecule has 5 rings (SSSR count). The molecule has 0 bridgehead atoms. The lowest BCUT2D eigenvalue weighted by Gasteiger charge is -2.38. The molecule has 2 unspecified atom stereocenters. The summed E-state index contributed by atoms with van der Waals surface area (Å²) in [6.07, 6.45) is 2.02. The topological polar surface area (TPSA) is 38.1 Å². The van der Waals surface area contributed by atoms with Gasteiger partial charge in [0, 0.05) is 16.0 Å². The minimum absolute atomic E-state index is 0.101. The minimum atomic E-state index is 0.101. The molecule has 1 saturated heterocycles. The van der Waals surface area contributed by atoms with E-state index in [1.165, 1.54) is 3.57 Å². The van der Waals surface area contributed by atoms with E-state index in [2.05, 4.69) is 70.3 Å². The third-order valence-electron chi connectivity index (χ3n) is 5.80. The lowest BCUT2D eigenvalue weighted by molar-refractivity contribution is 0.0705. The van der Waals surface area contributed by atoms with E-state index in [1.54, 1.807) is 11.3 Å². The molecule has 0 radical (unpaired) electrons. The number of hydrogen-bond acceptors (Lipinski definition) is 4. The number of Topliss-reactive ketones (excluding diaryl/α,β-unsaturated/α-hetero) is 1. The number of nitrogens with zero attached hydrogens (tertiary/aromatic N) is 3. The maximum atomic E-state index is 13.5. The summed E-state index contributed by atoms with van der Waals surface area (Å²) in [4.78, 5) is 16.9. The number of benzene rings is 1. The number of fused-ring (bicyclic) bond motifs is 2. The fourth-order valence-electron chi connectivity index (χ4n) is 4.42. The Labute approximate surface area is 176 Å². The highest BCUT2D eigenvalue weighted by Gasteiger charge is 2.42. The van der Waals surface area contributed by atoms with Crippen LogP contribution in [0.2, 0.25) is 0 Å². The molecule has 0 saturated carbocycles. The molecule has 3 heterocycles. The third-order valence-corrected chi connectivity index (χ3v) is 7.40. The molecule has 0 spiro atoms. The number of carbonyl (C=O) groups is 1. The van der Waals surface area contributed by atoms with E-state index in [0.29, 0.717) is 5.92 Å². The van der Waals surface area contributed by atoms with Crippen LogP contribution in [0.1, 0.15) is 22.5 Å². The molecule has 1 aliphatic heterocycles. The van der Waals surface area contributed by atoms with Gasteiger partial charge in [-0.2, -0.15) is 5.10 Å². The van der Waals surface area contributed by atoms with Crippen molar-refractivity contribution in [3.8, 4) is 16.3 Å². The number of aromatic nitrogens is 2.